The maximum absolute atomic E-state index is 12.0. The number of carbonyl (C=O) groups excluding carboxylic acids is 3. The van der Waals surface area contributed by atoms with E-state index in [1.54, 1.807) is 18.5 Å². The van der Waals surface area contributed by atoms with Gasteiger partial charge in [-0.2, -0.15) is 0 Å². The van der Waals surface area contributed by atoms with Gasteiger partial charge in [0.15, 0.2) is 6.79 Å². The molecule has 0 aliphatic heterocycles. The molecular weight excluding hydrogens is 381 g/mol. The zero-order valence-electron chi connectivity index (χ0n) is 17.1. The van der Waals surface area contributed by atoms with Crippen molar-refractivity contribution < 1.29 is 80.0 Å². The summed E-state index contributed by atoms with van der Waals surface area (Å²) in [5, 5.41) is 0. The van der Waals surface area contributed by atoms with E-state index in [1.165, 1.54) is 27.5 Å². The van der Waals surface area contributed by atoms with Gasteiger partial charge in [0.1, 0.15) is 6.54 Å². The number of pyridine rings is 1. The third kappa shape index (κ3) is 11.4. The van der Waals surface area contributed by atoms with Crippen molar-refractivity contribution in [3.8, 4) is 0 Å². The predicted molar refractivity (Wildman–Crippen MR) is 96.9 cm³/mol. The van der Waals surface area contributed by atoms with Crippen molar-refractivity contribution in [1.29, 1.82) is 0 Å². The minimum atomic E-state index is -0.759. The second-order valence-corrected chi connectivity index (χ2v) is 4.39. The molecule has 0 fully saturated rings. The van der Waals surface area contributed by atoms with E-state index in [1.807, 2.05) is 13.8 Å². The fourth-order valence-corrected chi connectivity index (χ4v) is 1.71. The molecule has 1 aromatic heterocycles. The second kappa shape index (κ2) is 18.3. The number of ether oxygens (including phenoxy) is 3. The first-order valence-electron chi connectivity index (χ1n) is 7.56. The standard InChI is InChI=1S/C14H18N3O6.C2H6.CH3.K/c1-16(9-18)13-11(5-4-6-15-13)7-17(8-12(19)22-3)14(20)23-10-21-2;1-2;;/h4-6H,7-8,10H2,1-3H3;1-2H3;1H3;/q-1;;-1;+1. The zero-order valence-corrected chi connectivity index (χ0v) is 20.3. The van der Waals surface area contributed by atoms with Crippen LogP contribution in [0.1, 0.15) is 19.4 Å². The van der Waals surface area contributed by atoms with Crippen LogP contribution in [0.5, 0.6) is 0 Å². The van der Waals surface area contributed by atoms with Gasteiger partial charge in [0.25, 0.3) is 0 Å². The maximum atomic E-state index is 12.0. The van der Waals surface area contributed by atoms with Crippen molar-refractivity contribution in [2.45, 2.75) is 20.4 Å². The summed E-state index contributed by atoms with van der Waals surface area (Å²) in [7, 11) is 4.06. The fraction of sp³-hybridized carbons (Fsp3) is 0.471. The van der Waals surface area contributed by atoms with E-state index < -0.39 is 12.1 Å². The quantitative estimate of drug-likeness (QED) is 0.175. The molecule has 0 N–H and O–H groups in total. The van der Waals surface area contributed by atoms with Crippen molar-refractivity contribution in [2.75, 3.05) is 39.5 Å². The van der Waals surface area contributed by atoms with Gasteiger partial charge in [-0.15, -0.1) is 0 Å². The largest absolute Gasteiger partial charge is 1.00 e. The van der Waals surface area contributed by atoms with Crippen LogP contribution in [0.4, 0.5) is 10.6 Å². The topological polar surface area (TPSA) is 98.3 Å². The number of esters is 1. The SMILES string of the molecule is CC.COCOC(=O)N(CC(=O)OC)Cc1cccnc1N(C)[C-]=O.[CH3-].[K+]. The van der Waals surface area contributed by atoms with Crippen LogP contribution in [0.3, 0.4) is 0 Å². The molecule has 1 aromatic rings. The minimum Gasteiger partial charge on any atom is -0.468 e. The van der Waals surface area contributed by atoms with E-state index >= 15 is 0 Å². The van der Waals surface area contributed by atoms with Gasteiger partial charge in [0.2, 0.25) is 0 Å². The number of nitrogens with zero attached hydrogens (tertiary/aromatic N) is 3. The van der Waals surface area contributed by atoms with E-state index in [0.717, 1.165) is 9.80 Å². The van der Waals surface area contributed by atoms with Gasteiger partial charge in [-0.1, -0.05) is 25.5 Å². The minimum absolute atomic E-state index is 0. The van der Waals surface area contributed by atoms with Crippen molar-refractivity contribution in [2.24, 2.45) is 0 Å². The molecule has 10 heteroatoms. The summed E-state index contributed by atoms with van der Waals surface area (Å²) in [5.74, 6) is -0.294. The smallest absolute Gasteiger partial charge is 0.468 e. The summed E-state index contributed by atoms with van der Waals surface area (Å²) in [4.78, 5) is 40.6. The number of methoxy groups -OCH3 is 2. The first kappa shape index (κ1) is 30.7. The van der Waals surface area contributed by atoms with Crippen molar-refractivity contribution in [1.82, 2.24) is 9.88 Å². The molecule has 148 valence electrons. The average molecular weight is 409 g/mol. The Hall–Kier alpha value is -1.04. The molecule has 1 rings (SSSR count). The molecule has 0 radical (unpaired) electrons. The van der Waals surface area contributed by atoms with E-state index in [9.17, 15) is 14.4 Å². The van der Waals surface area contributed by atoms with Gasteiger partial charge in [0, 0.05) is 19.9 Å². The van der Waals surface area contributed by atoms with Crippen LogP contribution in [0.2, 0.25) is 0 Å². The molecule has 0 saturated carbocycles. The molecule has 0 saturated heterocycles. The molecule has 0 atom stereocenters. The number of aromatic nitrogens is 1. The van der Waals surface area contributed by atoms with E-state index in [2.05, 4.69) is 14.5 Å². The van der Waals surface area contributed by atoms with Crippen LogP contribution < -0.4 is 56.3 Å². The van der Waals surface area contributed by atoms with Gasteiger partial charge in [0.05, 0.1) is 13.5 Å². The summed E-state index contributed by atoms with van der Waals surface area (Å²) in [6, 6.07) is 3.32. The summed E-state index contributed by atoms with van der Waals surface area (Å²) in [6.07, 6.45) is 2.43. The Labute approximate surface area is 203 Å². The van der Waals surface area contributed by atoms with Crippen LogP contribution in [0.15, 0.2) is 18.3 Å². The average Bonchev–Trinajstić information content (AvgIpc) is 2.66. The Bertz CT molecular complexity index is 559. The Balaban J connectivity index is -0.00000139. The summed E-state index contributed by atoms with van der Waals surface area (Å²) in [6.45, 7) is 3.42. The molecule has 1 heterocycles. The monoisotopic (exact) mass is 408 g/mol. The molecule has 0 spiro atoms. The summed E-state index contributed by atoms with van der Waals surface area (Å²) >= 11 is 0. The normalized spacial score (nSPS) is 8.63. The number of carbonyl (C=O) groups is 2. The molecule has 0 bridgehead atoms. The fourth-order valence-electron chi connectivity index (χ4n) is 1.71. The third-order valence-corrected chi connectivity index (χ3v) is 2.79. The van der Waals surface area contributed by atoms with Gasteiger partial charge in [-0.05, 0) is 18.9 Å². The number of amides is 2. The Morgan fingerprint density at radius 2 is 1.89 bits per heavy atom. The molecule has 27 heavy (non-hydrogen) atoms. The number of rotatable bonds is 8. The van der Waals surface area contributed by atoms with E-state index in [4.69, 9.17) is 4.74 Å². The maximum Gasteiger partial charge on any atom is 1.00 e. The molecule has 9 nitrogen and oxygen atoms in total. The van der Waals surface area contributed by atoms with Gasteiger partial charge in [-0.25, -0.2) is 4.79 Å². The number of hydrogen-bond donors (Lipinski definition) is 0. The van der Waals surface area contributed by atoms with Gasteiger partial charge in [-0.3, -0.25) is 9.69 Å². The van der Waals surface area contributed by atoms with Crippen LogP contribution in [0.25, 0.3) is 0 Å². The molecule has 2 amide bonds. The third-order valence-electron chi connectivity index (χ3n) is 2.79. The zero-order chi connectivity index (χ0) is 19.2. The first-order valence-corrected chi connectivity index (χ1v) is 7.56. The van der Waals surface area contributed by atoms with Crippen molar-refractivity contribution in [3.05, 3.63) is 31.3 Å². The first-order chi connectivity index (χ1) is 12.0. The predicted octanol–water partition coefficient (Wildman–Crippen LogP) is -1.22. The second-order valence-electron chi connectivity index (χ2n) is 4.39. The summed E-state index contributed by atoms with van der Waals surface area (Å²) in [5.41, 5.74) is 0.539. The molecule has 0 aromatic carbocycles. The van der Waals surface area contributed by atoms with Gasteiger partial charge < -0.3 is 36.3 Å². The van der Waals surface area contributed by atoms with Crippen molar-refractivity contribution in [3.63, 3.8) is 0 Å². The number of hydrogen-bond acceptors (Lipinski definition) is 7. The van der Waals surface area contributed by atoms with Crippen LogP contribution in [-0.2, 0) is 30.3 Å². The van der Waals surface area contributed by atoms with Crippen LogP contribution in [0, 0.1) is 7.43 Å². The molecular formula is C17H27KN3O6-. The Morgan fingerprint density at radius 1 is 1.26 bits per heavy atom. The van der Waals surface area contributed by atoms with E-state index in [-0.39, 0.29) is 78.7 Å². The summed E-state index contributed by atoms with van der Waals surface area (Å²) < 4.78 is 14.1. The van der Waals surface area contributed by atoms with Gasteiger partial charge >= 0.3 is 63.4 Å². The van der Waals surface area contributed by atoms with Crippen LogP contribution >= 0.6 is 0 Å². The van der Waals surface area contributed by atoms with E-state index in [0.29, 0.717) is 11.4 Å². The van der Waals surface area contributed by atoms with Crippen molar-refractivity contribution >= 4 is 24.3 Å². The number of anilines is 1. The van der Waals surface area contributed by atoms with Crippen LogP contribution in [-0.4, -0.2) is 63.0 Å². The Morgan fingerprint density at radius 3 is 2.41 bits per heavy atom. The molecule has 0 aliphatic rings. The molecule has 0 aliphatic carbocycles. The Kier molecular flexibility index (Phi) is 20.8. The molecule has 0 unspecified atom stereocenters.